The quantitative estimate of drug-likeness (QED) is 0.593. The molecule has 18 heavy (non-hydrogen) atoms. The zero-order valence-corrected chi connectivity index (χ0v) is 11.7. The monoisotopic (exact) mass is 266 g/mol. The lowest BCUT2D eigenvalue weighted by molar-refractivity contribution is 0.139. The minimum absolute atomic E-state index is 0.594. The number of imidazole rings is 1. The first-order chi connectivity index (χ1) is 8.76. The Labute approximate surface area is 113 Å². The Hall–Kier alpha value is -1.06. The van der Waals surface area contributed by atoms with Crippen LogP contribution in [0.5, 0.6) is 0 Å². The number of aryl methyl sites for hydroxylation is 2. The van der Waals surface area contributed by atoms with E-state index in [1.807, 2.05) is 6.92 Å². The molecule has 0 spiro atoms. The standard InChI is InChI=1S/C14H19ClN2O/c1-3-18-9-8-17-13-5-4-11(2)10-12(13)16-14(17)6-7-15/h4-5,10H,3,6-9H2,1-2H3. The molecule has 0 unspecified atom stereocenters. The second-order valence-electron chi connectivity index (χ2n) is 4.31. The topological polar surface area (TPSA) is 27.1 Å². The lowest BCUT2D eigenvalue weighted by Gasteiger charge is -2.08. The van der Waals surface area contributed by atoms with E-state index in [4.69, 9.17) is 16.3 Å². The number of rotatable bonds is 6. The first-order valence-corrected chi connectivity index (χ1v) is 6.89. The molecule has 4 heteroatoms. The van der Waals surface area contributed by atoms with E-state index in [-0.39, 0.29) is 0 Å². The van der Waals surface area contributed by atoms with Gasteiger partial charge >= 0.3 is 0 Å². The fourth-order valence-corrected chi connectivity index (χ4v) is 2.28. The van der Waals surface area contributed by atoms with E-state index in [2.05, 4.69) is 34.7 Å². The number of hydrogen-bond acceptors (Lipinski definition) is 2. The molecule has 98 valence electrons. The molecule has 1 aromatic carbocycles. The molecule has 1 aromatic heterocycles. The highest BCUT2D eigenvalue weighted by Gasteiger charge is 2.10. The van der Waals surface area contributed by atoms with Gasteiger partial charge in [0.05, 0.1) is 17.6 Å². The number of fused-ring (bicyclic) bond motifs is 1. The molecule has 0 atom stereocenters. The summed E-state index contributed by atoms with van der Waals surface area (Å²) in [4.78, 5) is 4.66. The summed E-state index contributed by atoms with van der Waals surface area (Å²) in [6, 6.07) is 6.36. The van der Waals surface area contributed by atoms with Gasteiger partial charge in [0.15, 0.2) is 0 Å². The molecular weight excluding hydrogens is 248 g/mol. The van der Waals surface area contributed by atoms with Crippen molar-refractivity contribution in [1.29, 1.82) is 0 Å². The zero-order chi connectivity index (χ0) is 13.0. The summed E-state index contributed by atoms with van der Waals surface area (Å²) in [5.74, 6) is 1.64. The lowest BCUT2D eigenvalue weighted by Crippen LogP contribution is -2.09. The van der Waals surface area contributed by atoms with Gasteiger partial charge in [0.2, 0.25) is 0 Å². The first kappa shape index (κ1) is 13.4. The lowest BCUT2D eigenvalue weighted by atomic mass is 10.2. The summed E-state index contributed by atoms with van der Waals surface area (Å²) in [6.07, 6.45) is 0.793. The van der Waals surface area contributed by atoms with Gasteiger partial charge in [-0.25, -0.2) is 4.98 Å². The van der Waals surface area contributed by atoms with Crippen LogP contribution in [-0.2, 0) is 17.7 Å². The molecule has 0 aliphatic carbocycles. The van der Waals surface area contributed by atoms with E-state index in [0.29, 0.717) is 12.5 Å². The maximum Gasteiger partial charge on any atom is 0.111 e. The van der Waals surface area contributed by atoms with Crippen LogP contribution in [0.1, 0.15) is 18.3 Å². The van der Waals surface area contributed by atoms with Gasteiger partial charge in [-0.3, -0.25) is 0 Å². The minimum Gasteiger partial charge on any atom is -0.380 e. The molecule has 0 aliphatic rings. The molecule has 0 N–H and O–H groups in total. The van der Waals surface area contributed by atoms with E-state index in [0.717, 1.165) is 30.9 Å². The van der Waals surface area contributed by atoms with Crippen LogP contribution in [0.4, 0.5) is 0 Å². The summed E-state index contributed by atoms with van der Waals surface area (Å²) in [7, 11) is 0. The molecule has 0 radical (unpaired) electrons. The van der Waals surface area contributed by atoms with Gasteiger partial charge < -0.3 is 9.30 Å². The average Bonchev–Trinajstić information content (AvgIpc) is 2.67. The molecule has 1 heterocycles. The molecule has 0 fully saturated rings. The van der Waals surface area contributed by atoms with Crippen LogP contribution in [-0.4, -0.2) is 28.6 Å². The molecule has 2 rings (SSSR count). The maximum atomic E-state index is 5.84. The van der Waals surface area contributed by atoms with E-state index in [1.165, 1.54) is 11.1 Å². The number of aromatic nitrogens is 2. The van der Waals surface area contributed by atoms with Crippen molar-refractivity contribution in [2.45, 2.75) is 26.8 Å². The van der Waals surface area contributed by atoms with Crippen molar-refractivity contribution in [2.75, 3.05) is 19.1 Å². The SMILES string of the molecule is CCOCCn1c(CCCl)nc2cc(C)ccc21. The fraction of sp³-hybridized carbons (Fsp3) is 0.500. The second-order valence-corrected chi connectivity index (χ2v) is 4.69. The Morgan fingerprint density at radius 2 is 2.22 bits per heavy atom. The van der Waals surface area contributed by atoms with E-state index >= 15 is 0 Å². The minimum atomic E-state index is 0.594. The number of benzene rings is 1. The summed E-state index contributed by atoms with van der Waals surface area (Å²) in [6.45, 7) is 6.39. The fourth-order valence-electron chi connectivity index (χ4n) is 2.11. The van der Waals surface area contributed by atoms with Crippen LogP contribution in [0.25, 0.3) is 11.0 Å². The van der Waals surface area contributed by atoms with Gasteiger partial charge in [0.1, 0.15) is 5.82 Å². The number of nitrogens with zero attached hydrogens (tertiary/aromatic N) is 2. The van der Waals surface area contributed by atoms with Crippen LogP contribution in [0.3, 0.4) is 0 Å². The maximum absolute atomic E-state index is 5.84. The summed E-state index contributed by atoms with van der Waals surface area (Å²) < 4.78 is 7.65. The molecule has 0 saturated heterocycles. The Balaban J connectivity index is 2.35. The van der Waals surface area contributed by atoms with Crippen molar-refractivity contribution < 1.29 is 4.74 Å². The second kappa shape index (κ2) is 6.21. The van der Waals surface area contributed by atoms with Crippen molar-refractivity contribution in [2.24, 2.45) is 0 Å². The van der Waals surface area contributed by atoms with Crippen molar-refractivity contribution in [1.82, 2.24) is 9.55 Å². The van der Waals surface area contributed by atoms with E-state index in [1.54, 1.807) is 0 Å². The molecular formula is C14H19ClN2O. The highest BCUT2D eigenvalue weighted by Crippen LogP contribution is 2.18. The Morgan fingerprint density at radius 1 is 1.39 bits per heavy atom. The van der Waals surface area contributed by atoms with Gasteiger partial charge in [0.25, 0.3) is 0 Å². The van der Waals surface area contributed by atoms with Gasteiger partial charge in [0, 0.05) is 25.5 Å². The number of alkyl halides is 1. The molecule has 0 saturated carbocycles. The molecule has 2 aromatic rings. The average molecular weight is 267 g/mol. The van der Waals surface area contributed by atoms with Gasteiger partial charge in [-0.05, 0) is 31.5 Å². The largest absolute Gasteiger partial charge is 0.380 e. The molecule has 0 aliphatic heterocycles. The number of ether oxygens (including phenoxy) is 1. The summed E-state index contributed by atoms with van der Waals surface area (Å²) in [5, 5.41) is 0. The van der Waals surface area contributed by atoms with Gasteiger partial charge in [-0.15, -0.1) is 11.6 Å². The van der Waals surface area contributed by atoms with Crippen LogP contribution >= 0.6 is 11.6 Å². The predicted molar refractivity (Wildman–Crippen MR) is 75.4 cm³/mol. The normalized spacial score (nSPS) is 11.3. The van der Waals surface area contributed by atoms with Crippen LogP contribution in [0, 0.1) is 6.92 Å². The van der Waals surface area contributed by atoms with Gasteiger partial charge in [-0.2, -0.15) is 0 Å². The molecule has 0 amide bonds. The smallest absolute Gasteiger partial charge is 0.111 e. The number of hydrogen-bond donors (Lipinski definition) is 0. The van der Waals surface area contributed by atoms with Crippen molar-refractivity contribution in [3.8, 4) is 0 Å². The van der Waals surface area contributed by atoms with E-state index in [9.17, 15) is 0 Å². The Morgan fingerprint density at radius 3 is 2.94 bits per heavy atom. The van der Waals surface area contributed by atoms with E-state index < -0.39 is 0 Å². The first-order valence-electron chi connectivity index (χ1n) is 6.35. The predicted octanol–water partition coefficient (Wildman–Crippen LogP) is 3.16. The Bertz CT molecular complexity index is 522. The van der Waals surface area contributed by atoms with Crippen LogP contribution in [0.15, 0.2) is 18.2 Å². The zero-order valence-electron chi connectivity index (χ0n) is 10.9. The van der Waals surface area contributed by atoms with Crippen molar-refractivity contribution >= 4 is 22.6 Å². The van der Waals surface area contributed by atoms with Crippen LogP contribution < -0.4 is 0 Å². The van der Waals surface area contributed by atoms with Crippen LogP contribution in [0.2, 0.25) is 0 Å². The highest BCUT2D eigenvalue weighted by atomic mass is 35.5. The number of halogens is 1. The summed E-state index contributed by atoms with van der Waals surface area (Å²) in [5.41, 5.74) is 3.45. The third-order valence-electron chi connectivity index (χ3n) is 2.96. The van der Waals surface area contributed by atoms with Crippen molar-refractivity contribution in [3.05, 3.63) is 29.6 Å². The third-order valence-corrected chi connectivity index (χ3v) is 3.15. The highest BCUT2D eigenvalue weighted by molar-refractivity contribution is 6.17. The summed E-state index contributed by atoms with van der Waals surface area (Å²) >= 11 is 5.84. The van der Waals surface area contributed by atoms with Gasteiger partial charge in [-0.1, -0.05) is 6.07 Å². The molecule has 3 nitrogen and oxygen atoms in total. The third kappa shape index (κ3) is 2.85. The Kier molecular flexibility index (Phi) is 4.61. The molecule has 0 bridgehead atoms. The van der Waals surface area contributed by atoms with Crippen molar-refractivity contribution in [3.63, 3.8) is 0 Å².